The summed E-state index contributed by atoms with van der Waals surface area (Å²) in [5.41, 5.74) is 12.9. The molecule has 0 amide bonds. The van der Waals surface area contributed by atoms with Gasteiger partial charge in [-0.3, -0.25) is 0 Å². The summed E-state index contributed by atoms with van der Waals surface area (Å²) in [4.78, 5) is 11.3. The molecule has 5 heteroatoms. The van der Waals surface area contributed by atoms with E-state index in [0.29, 0.717) is 18.2 Å². The van der Waals surface area contributed by atoms with E-state index in [0.717, 1.165) is 16.7 Å². The van der Waals surface area contributed by atoms with Gasteiger partial charge in [-0.25, -0.2) is 9.97 Å². The number of aromatic nitrogens is 3. The van der Waals surface area contributed by atoms with Crippen LogP contribution in [0.2, 0.25) is 0 Å². The van der Waals surface area contributed by atoms with Crippen molar-refractivity contribution in [3.05, 3.63) is 17.6 Å². The quantitative estimate of drug-likeness (QED) is 0.584. The van der Waals surface area contributed by atoms with Crippen molar-refractivity contribution in [1.82, 2.24) is 15.0 Å². The van der Waals surface area contributed by atoms with E-state index in [-0.39, 0.29) is 0 Å². The highest BCUT2D eigenvalue weighted by Crippen LogP contribution is 2.18. The monoisotopic (exact) mass is 177 g/mol. The number of nitrogens with two attached hydrogens (primary N) is 2. The SMILES string of the molecule is Cc1nc(N)c2cc(CN)[nH]c2n1. The Kier molecular flexibility index (Phi) is 1.66. The van der Waals surface area contributed by atoms with Gasteiger partial charge in [0.05, 0.1) is 5.39 Å². The van der Waals surface area contributed by atoms with Crippen molar-refractivity contribution in [2.75, 3.05) is 5.73 Å². The first-order valence-corrected chi connectivity index (χ1v) is 4.02. The third kappa shape index (κ3) is 1.23. The van der Waals surface area contributed by atoms with E-state index in [1.807, 2.05) is 6.07 Å². The minimum Gasteiger partial charge on any atom is -0.383 e. The van der Waals surface area contributed by atoms with Gasteiger partial charge in [0.25, 0.3) is 0 Å². The van der Waals surface area contributed by atoms with Gasteiger partial charge < -0.3 is 16.5 Å². The van der Waals surface area contributed by atoms with Crippen LogP contribution in [0.3, 0.4) is 0 Å². The maximum Gasteiger partial charge on any atom is 0.143 e. The highest BCUT2D eigenvalue weighted by molar-refractivity contribution is 5.86. The summed E-state index contributed by atoms with van der Waals surface area (Å²) in [6, 6.07) is 1.88. The minimum absolute atomic E-state index is 0.453. The lowest BCUT2D eigenvalue weighted by molar-refractivity contribution is 1.01. The van der Waals surface area contributed by atoms with E-state index in [4.69, 9.17) is 11.5 Å². The third-order valence-electron chi connectivity index (χ3n) is 1.90. The average Bonchev–Trinajstić information content (AvgIpc) is 2.47. The van der Waals surface area contributed by atoms with Crippen LogP contribution in [-0.2, 0) is 6.54 Å². The Labute approximate surface area is 75.2 Å². The Morgan fingerprint density at radius 1 is 1.46 bits per heavy atom. The first-order valence-electron chi connectivity index (χ1n) is 4.02. The molecule has 5 N–H and O–H groups in total. The van der Waals surface area contributed by atoms with Crippen LogP contribution in [0.5, 0.6) is 0 Å². The van der Waals surface area contributed by atoms with Crippen molar-refractivity contribution in [3.8, 4) is 0 Å². The number of rotatable bonds is 1. The molecule has 0 aliphatic heterocycles. The van der Waals surface area contributed by atoms with Gasteiger partial charge in [-0.05, 0) is 13.0 Å². The number of H-pyrrole nitrogens is 1. The molecule has 2 heterocycles. The maximum absolute atomic E-state index is 5.71. The van der Waals surface area contributed by atoms with Gasteiger partial charge in [0.1, 0.15) is 17.3 Å². The Bertz CT molecular complexity index is 445. The van der Waals surface area contributed by atoms with Crippen LogP contribution in [0.25, 0.3) is 11.0 Å². The molecule has 68 valence electrons. The summed E-state index contributed by atoms with van der Waals surface area (Å²) >= 11 is 0. The maximum atomic E-state index is 5.71. The second-order valence-corrected chi connectivity index (χ2v) is 2.92. The molecule has 5 nitrogen and oxygen atoms in total. The van der Waals surface area contributed by atoms with Gasteiger partial charge in [-0.15, -0.1) is 0 Å². The van der Waals surface area contributed by atoms with E-state index < -0.39 is 0 Å². The zero-order valence-electron chi connectivity index (χ0n) is 7.33. The standard InChI is InChI=1S/C8H11N5/c1-4-11-7(10)6-2-5(3-9)13-8(6)12-4/h2H,3,9H2,1H3,(H3,10,11,12,13). The number of fused-ring (bicyclic) bond motifs is 1. The number of aromatic amines is 1. The van der Waals surface area contributed by atoms with Gasteiger partial charge in [-0.1, -0.05) is 0 Å². The predicted molar refractivity (Wildman–Crippen MR) is 50.9 cm³/mol. The number of anilines is 1. The second kappa shape index (κ2) is 2.70. The average molecular weight is 177 g/mol. The van der Waals surface area contributed by atoms with Crippen molar-refractivity contribution in [1.29, 1.82) is 0 Å². The summed E-state index contributed by atoms with van der Waals surface area (Å²) < 4.78 is 0. The molecule has 0 radical (unpaired) electrons. The van der Waals surface area contributed by atoms with Gasteiger partial charge in [0.2, 0.25) is 0 Å². The molecule has 2 aromatic heterocycles. The first kappa shape index (κ1) is 8.00. The molecular formula is C8H11N5. The van der Waals surface area contributed by atoms with Crippen LogP contribution in [0.15, 0.2) is 6.07 Å². The van der Waals surface area contributed by atoms with Crippen LogP contribution in [0.4, 0.5) is 5.82 Å². The lowest BCUT2D eigenvalue weighted by atomic mass is 10.3. The first-order chi connectivity index (χ1) is 6.20. The number of nitrogens with zero attached hydrogens (tertiary/aromatic N) is 2. The van der Waals surface area contributed by atoms with E-state index >= 15 is 0 Å². The third-order valence-corrected chi connectivity index (χ3v) is 1.90. The minimum atomic E-state index is 0.453. The normalized spacial score (nSPS) is 10.9. The fourth-order valence-corrected chi connectivity index (χ4v) is 1.31. The van der Waals surface area contributed by atoms with Gasteiger partial charge in [0, 0.05) is 12.2 Å². The highest BCUT2D eigenvalue weighted by Gasteiger charge is 2.05. The number of hydrogen-bond acceptors (Lipinski definition) is 4. The smallest absolute Gasteiger partial charge is 0.143 e. The predicted octanol–water partition coefficient (Wildman–Crippen LogP) is 0.307. The zero-order valence-corrected chi connectivity index (χ0v) is 7.33. The molecule has 0 bridgehead atoms. The van der Waals surface area contributed by atoms with Gasteiger partial charge >= 0.3 is 0 Å². The fraction of sp³-hybridized carbons (Fsp3) is 0.250. The molecule has 2 rings (SSSR count). The Balaban J connectivity index is 2.75. The molecule has 2 aromatic rings. The molecule has 0 saturated heterocycles. The highest BCUT2D eigenvalue weighted by atomic mass is 15.0. The fourth-order valence-electron chi connectivity index (χ4n) is 1.31. The number of hydrogen-bond donors (Lipinski definition) is 3. The summed E-state index contributed by atoms with van der Waals surface area (Å²) in [7, 11) is 0. The Morgan fingerprint density at radius 3 is 2.92 bits per heavy atom. The van der Waals surface area contributed by atoms with Gasteiger partial charge in [0.15, 0.2) is 0 Å². The summed E-state index contributed by atoms with van der Waals surface area (Å²) in [5.74, 6) is 1.16. The Hall–Kier alpha value is -1.62. The molecule has 13 heavy (non-hydrogen) atoms. The summed E-state index contributed by atoms with van der Waals surface area (Å²) in [6.45, 7) is 2.26. The van der Waals surface area contributed by atoms with Gasteiger partial charge in [-0.2, -0.15) is 0 Å². The molecule has 0 aliphatic rings. The second-order valence-electron chi connectivity index (χ2n) is 2.92. The van der Waals surface area contributed by atoms with Crippen molar-refractivity contribution < 1.29 is 0 Å². The molecule has 0 spiro atoms. The van der Waals surface area contributed by atoms with Crippen LogP contribution in [-0.4, -0.2) is 15.0 Å². The summed E-state index contributed by atoms with van der Waals surface area (Å²) in [6.07, 6.45) is 0. The van der Waals surface area contributed by atoms with Crippen LogP contribution < -0.4 is 11.5 Å². The molecular weight excluding hydrogens is 166 g/mol. The largest absolute Gasteiger partial charge is 0.383 e. The number of nitrogens with one attached hydrogen (secondary N) is 1. The number of aryl methyl sites for hydroxylation is 1. The van der Waals surface area contributed by atoms with E-state index in [2.05, 4.69) is 15.0 Å². The van der Waals surface area contributed by atoms with E-state index in [1.54, 1.807) is 6.92 Å². The Morgan fingerprint density at radius 2 is 2.23 bits per heavy atom. The number of nitrogen functional groups attached to an aromatic ring is 1. The lowest BCUT2D eigenvalue weighted by Gasteiger charge is -1.95. The zero-order chi connectivity index (χ0) is 9.42. The van der Waals surface area contributed by atoms with Crippen molar-refractivity contribution in [2.24, 2.45) is 5.73 Å². The van der Waals surface area contributed by atoms with Crippen molar-refractivity contribution in [3.63, 3.8) is 0 Å². The van der Waals surface area contributed by atoms with E-state index in [9.17, 15) is 0 Å². The lowest BCUT2D eigenvalue weighted by Crippen LogP contribution is -1.96. The van der Waals surface area contributed by atoms with Crippen molar-refractivity contribution >= 4 is 16.9 Å². The topological polar surface area (TPSA) is 93.6 Å². The molecule has 0 atom stereocenters. The molecule has 0 aliphatic carbocycles. The molecule has 0 saturated carbocycles. The van der Waals surface area contributed by atoms with Crippen LogP contribution >= 0.6 is 0 Å². The molecule has 0 unspecified atom stereocenters. The molecule has 0 fully saturated rings. The van der Waals surface area contributed by atoms with Crippen LogP contribution in [0, 0.1) is 6.92 Å². The summed E-state index contributed by atoms with van der Waals surface area (Å²) in [5, 5.41) is 0.839. The molecule has 0 aromatic carbocycles. The van der Waals surface area contributed by atoms with E-state index in [1.165, 1.54) is 0 Å². The van der Waals surface area contributed by atoms with Crippen LogP contribution in [0.1, 0.15) is 11.5 Å². The van der Waals surface area contributed by atoms with Crippen molar-refractivity contribution in [2.45, 2.75) is 13.5 Å².